The molecular weight excluding hydrogens is 336 g/mol. The third kappa shape index (κ3) is 2.70. The summed E-state index contributed by atoms with van der Waals surface area (Å²) in [4.78, 5) is 13.1. The number of hydrogen-bond donors (Lipinski definition) is 2. The van der Waals surface area contributed by atoms with Gasteiger partial charge < -0.3 is 5.32 Å². The van der Waals surface area contributed by atoms with E-state index in [1.54, 1.807) is 5.01 Å². The molecule has 5 heteroatoms. The number of hydrogen-bond acceptors (Lipinski definition) is 4. The fourth-order valence-electron chi connectivity index (χ4n) is 4.44. The number of anilines is 3. The summed E-state index contributed by atoms with van der Waals surface area (Å²) in [6, 6.07) is 16.5. The third-order valence-electron chi connectivity index (χ3n) is 5.88. The average molecular weight is 360 g/mol. The predicted molar refractivity (Wildman–Crippen MR) is 108 cm³/mol. The van der Waals surface area contributed by atoms with Gasteiger partial charge in [-0.3, -0.25) is 4.79 Å². The summed E-state index contributed by atoms with van der Waals surface area (Å²) in [5.74, 6) is 0.627. The Hall–Kier alpha value is -2.79. The van der Waals surface area contributed by atoms with Crippen LogP contribution < -0.4 is 20.9 Å². The maximum atomic E-state index is 13.1. The van der Waals surface area contributed by atoms with Gasteiger partial charge in [-0.25, -0.2) is 10.0 Å². The highest BCUT2D eigenvalue weighted by Crippen LogP contribution is 2.38. The van der Waals surface area contributed by atoms with Crippen LogP contribution in [-0.2, 0) is 4.79 Å². The molecule has 0 spiro atoms. The summed E-state index contributed by atoms with van der Waals surface area (Å²) in [6.45, 7) is 1.94. The van der Waals surface area contributed by atoms with Gasteiger partial charge in [-0.05, 0) is 55.5 Å². The van der Waals surface area contributed by atoms with Crippen LogP contribution in [0.1, 0.15) is 50.5 Å². The van der Waals surface area contributed by atoms with Crippen LogP contribution in [0, 0.1) is 0 Å². The molecule has 0 atom stereocenters. The number of nitrogens with one attached hydrogen (secondary N) is 2. The van der Waals surface area contributed by atoms with E-state index in [-0.39, 0.29) is 5.91 Å². The van der Waals surface area contributed by atoms with Crippen molar-refractivity contribution in [1.29, 1.82) is 0 Å². The maximum absolute atomic E-state index is 13.1. The van der Waals surface area contributed by atoms with Gasteiger partial charge in [0.1, 0.15) is 5.70 Å². The minimum absolute atomic E-state index is 0.0417. The molecule has 0 bridgehead atoms. The van der Waals surface area contributed by atoms with Crippen LogP contribution in [0.5, 0.6) is 0 Å². The number of amides is 1. The Morgan fingerprint density at radius 1 is 0.926 bits per heavy atom. The zero-order valence-corrected chi connectivity index (χ0v) is 15.5. The van der Waals surface area contributed by atoms with E-state index in [4.69, 9.17) is 0 Å². The molecule has 1 saturated carbocycles. The lowest BCUT2D eigenvalue weighted by atomic mass is 9.84. The SMILES string of the molecule is CC1=C2C(=O)N(c3ccc(C4CCCCC4)cc3)NN2c2ccccc2N1. The Kier molecular flexibility index (Phi) is 3.90. The van der Waals surface area contributed by atoms with Crippen LogP contribution in [-0.4, -0.2) is 5.91 Å². The number of para-hydroxylation sites is 2. The van der Waals surface area contributed by atoms with Gasteiger partial charge in [0, 0.05) is 5.70 Å². The summed E-state index contributed by atoms with van der Waals surface area (Å²) in [6.07, 6.45) is 6.58. The van der Waals surface area contributed by atoms with Crippen LogP contribution in [0.3, 0.4) is 0 Å². The van der Waals surface area contributed by atoms with Crippen molar-refractivity contribution >= 4 is 23.0 Å². The van der Waals surface area contributed by atoms with E-state index < -0.39 is 0 Å². The molecule has 2 aromatic rings. The van der Waals surface area contributed by atoms with Crippen LogP contribution in [0.2, 0.25) is 0 Å². The second kappa shape index (κ2) is 6.43. The molecule has 3 aliphatic rings. The molecule has 2 N–H and O–H groups in total. The Labute approximate surface area is 159 Å². The topological polar surface area (TPSA) is 47.6 Å². The second-order valence-electron chi connectivity index (χ2n) is 7.62. The maximum Gasteiger partial charge on any atom is 0.294 e. The smallest absolute Gasteiger partial charge is 0.294 e. The van der Waals surface area contributed by atoms with Crippen molar-refractivity contribution in [3.8, 4) is 0 Å². The third-order valence-corrected chi connectivity index (χ3v) is 5.88. The van der Waals surface area contributed by atoms with Gasteiger partial charge in [0.05, 0.1) is 17.1 Å². The fourth-order valence-corrected chi connectivity index (χ4v) is 4.44. The molecule has 2 fully saturated rings. The van der Waals surface area contributed by atoms with Crippen LogP contribution >= 0.6 is 0 Å². The summed E-state index contributed by atoms with van der Waals surface area (Å²) < 4.78 is 0. The van der Waals surface area contributed by atoms with Crippen molar-refractivity contribution < 1.29 is 4.79 Å². The Bertz CT molecular complexity index is 912. The number of carbonyl (C=O) groups excluding carboxylic acids is 1. The minimum atomic E-state index is -0.0417. The molecule has 2 heterocycles. The highest BCUT2D eigenvalue weighted by Gasteiger charge is 2.39. The predicted octanol–water partition coefficient (Wildman–Crippen LogP) is 4.66. The van der Waals surface area contributed by atoms with Crippen molar-refractivity contribution in [1.82, 2.24) is 5.53 Å². The van der Waals surface area contributed by atoms with Gasteiger partial charge in [-0.15, -0.1) is 5.53 Å². The number of rotatable bonds is 2. The van der Waals surface area contributed by atoms with E-state index in [1.165, 1.54) is 37.7 Å². The quantitative estimate of drug-likeness (QED) is 0.817. The van der Waals surface area contributed by atoms with Crippen LogP contribution in [0.15, 0.2) is 59.9 Å². The molecule has 5 nitrogen and oxygen atoms in total. The van der Waals surface area contributed by atoms with E-state index in [0.29, 0.717) is 11.6 Å². The van der Waals surface area contributed by atoms with E-state index in [1.807, 2.05) is 36.2 Å². The number of allylic oxidation sites excluding steroid dienone is 1. The molecule has 1 amide bonds. The lowest BCUT2D eigenvalue weighted by Gasteiger charge is -2.28. The first-order chi connectivity index (χ1) is 13.2. The lowest BCUT2D eigenvalue weighted by Crippen LogP contribution is -2.41. The molecule has 1 aliphatic carbocycles. The van der Waals surface area contributed by atoms with E-state index in [2.05, 4.69) is 35.1 Å². The van der Waals surface area contributed by atoms with Crippen LogP contribution in [0.25, 0.3) is 0 Å². The van der Waals surface area contributed by atoms with Gasteiger partial charge in [-0.2, -0.15) is 0 Å². The van der Waals surface area contributed by atoms with Crippen LogP contribution in [0.4, 0.5) is 17.1 Å². The fraction of sp³-hybridized carbons (Fsp3) is 0.318. The number of nitrogens with zero attached hydrogens (tertiary/aromatic N) is 2. The first-order valence-corrected chi connectivity index (χ1v) is 9.80. The van der Waals surface area contributed by atoms with E-state index in [0.717, 1.165) is 22.8 Å². The molecular formula is C22H24N4O. The van der Waals surface area contributed by atoms with Gasteiger partial charge >= 0.3 is 0 Å². The zero-order valence-electron chi connectivity index (χ0n) is 15.5. The first kappa shape index (κ1) is 16.4. The lowest BCUT2D eigenvalue weighted by molar-refractivity contribution is -0.114. The molecule has 5 rings (SSSR count). The highest BCUT2D eigenvalue weighted by atomic mass is 16.2. The normalized spacial score (nSPS) is 19.8. The van der Waals surface area contributed by atoms with Crippen molar-refractivity contribution in [2.75, 3.05) is 15.3 Å². The Morgan fingerprint density at radius 2 is 1.67 bits per heavy atom. The van der Waals surface area contributed by atoms with Crippen molar-refractivity contribution in [3.63, 3.8) is 0 Å². The number of hydrazine groups is 2. The van der Waals surface area contributed by atoms with Gasteiger partial charge in [-0.1, -0.05) is 43.5 Å². The summed E-state index contributed by atoms with van der Waals surface area (Å²) in [5, 5.41) is 6.84. The number of fused-ring (bicyclic) bond motifs is 3. The van der Waals surface area contributed by atoms with Crippen molar-refractivity contribution in [2.24, 2.45) is 0 Å². The van der Waals surface area contributed by atoms with Gasteiger partial charge in [0.15, 0.2) is 0 Å². The highest BCUT2D eigenvalue weighted by molar-refractivity contribution is 6.12. The van der Waals surface area contributed by atoms with E-state index in [9.17, 15) is 4.79 Å². The van der Waals surface area contributed by atoms with Crippen molar-refractivity contribution in [2.45, 2.75) is 44.9 Å². The summed E-state index contributed by atoms with van der Waals surface area (Å²) >= 11 is 0. The Morgan fingerprint density at radius 3 is 2.44 bits per heavy atom. The molecule has 0 unspecified atom stereocenters. The molecule has 0 aromatic heterocycles. The second-order valence-corrected chi connectivity index (χ2v) is 7.62. The Balaban J connectivity index is 1.44. The average Bonchev–Trinajstić information content (AvgIpc) is 3.07. The number of carbonyl (C=O) groups is 1. The molecule has 1 saturated heterocycles. The molecule has 0 radical (unpaired) electrons. The zero-order chi connectivity index (χ0) is 18.4. The van der Waals surface area contributed by atoms with Gasteiger partial charge in [0.25, 0.3) is 5.91 Å². The molecule has 2 aromatic carbocycles. The summed E-state index contributed by atoms with van der Waals surface area (Å²) in [7, 11) is 0. The minimum Gasteiger partial charge on any atom is -0.355 e. The molecule has 2 aliphatic heterocycles. The standard InChI is InChI=1S/C22H24N4O/c1-15-21-22(27)25(24-26(21)20-10-6-5-9-19(20)23-15)18-13-11-17(12-14-18)16-7-3-2-4-8-16/h5-6,9-14,16,23-24H,2-4,7-8H2,1H3. The van der Waals surface area contributed by atoms with Crippen molar-refractivity contribution in [3.05, 3.63) is 65.5 Å². The molecule has 27 heavy (non-hydrogen) atoms. The molecule has 138 valence electrons. The monoisotopic (exact) mass is 360 g/mol. The van der Waals surface area contributed by atoms with Gasteiger partial charge in [0.2, 0.25) is 0 Å². The number of benzene rings is 2. The van der Waals surface area contributed by atoms with E-state index >= 15 is 0 Å². The largest absolute Gasteiger partial charge is 0.355 e. The first-order valence-electron chi connectivity index (χ1n) is 9.80. The summed E-state index contributed by atoms with van der Waals surface area (Å²) in [5.41, 5.74) is 8.97.